The highest BCUT2D eigenvalue weighted by molar-refractivity contribution is 6.05. The number of imide groups is 1. The average Bonchev–Trinajstić information content (AvgIpc) is 3.56. The van der Waals surface area contributed by atoms with Crippen molar-refractivity contribution in [1.82, 2.24) is 25.1 Å². The van der Waals surface area contributed by atoms with Crippen molar-refractivity contribution in [3.63, 3.8) is 0 Å². The van der Waals surface area contributed by atoms with Gasteiger partial charge in [-0.1, -0.05) is 43.5 Å². The number of nitrogens with zero attached hydrogens (tertiary/aromatic N) is 4. The first-order valence-electron chi connectivity index (χ1n) is 21.3. The predicted octanol–water partition coefficient (Wildman–Crippen LogP) is 7.49. The van der Waals surface area contributed by atoms with Crippen LogP contribution < -0.4 is 20.1 Å². The van der Waals surface area contributed by atoms with Gasteiger partial charge < -0.3 is 29.7 Å². The fourth-order valence-corrected chi connectivity index (χ4v) is 9.09. The minimum Gasteiger partial charge on any atom is -0.493 e. The van der Waals surface area contributed by atoms with Gasteiger partial charge in [0.25, 0.3) is 11.8 Å². The molecular weight excluding hydrogens is 790 g/mol. The molecule has 15 heteroatoms. The molecule has 4 heterocycles. The summed E-state index contributed by atoms with van der Waals surface area (Å²) in [6.45, 7) is 5.36. The molecule has 4 aromatic rings. The maximum Gasteiger partial charge on any atom is 0.295 e. The van der Waals surface area contributed by atoms with E-state index >= 15 is 4.39 Å². The first-order valence-corrected chi connectivity index (χ1v) is 21.3. The van der Waals surface area contributed by atoms with E-state index in [9.17, 15) is 28.3 Å². The van der Waals surface area contributed by atoms with E-state index in [1.54, 1.807) is 26.4 Å². The van der Waals surface area contributed by atoms with Gasteiger partial charge in [-0.05, 0) is 113 Å². The number of carbonyl (C=O) groups excluding carboxylic acids is 3. The molecule has 0 aliphatic carbocycles. The number of likely N-dealkylation sites (tertiary alicyclic amines) is 1. The van der Waals surface area contributed by atoms with E-state index in [1.807, 2.05) is 26.0 Å². The molecule has 326 valence electrons. The van der Waals surface area contributed by atoms with Crippen LogP contribution in [0.5, 0.6) is 11.5 Å². The predicted molar refractivity (Wildman–Crippen MR) is 224 cm³/mol. The van der Waals surface area contributed by atoms with Crippen LogP contribution in [0.15, 0.2) is 42.5 Å². The third-order valence-corrected chi connectivity index (χ3v) is 12.5. The molecule has 0 saturated carbocycles. The molecule has 0 bridgehead atoms. The second kappa shape index (κ2) is 18.8. The molecule has 0 spiro atoms. The average molecular weight is 845 g/mol. The Bertz CT molecular complexity index is 2280. The highest BCUT2D eigenvalue weighted by atomic mass is 19.3. The van der Waals surface area contributed by atoms with Crippen LogP contribution in [0.1, 0.15) is 121 Å². The number of carbonyl (C=O) groups is 3. The molecule has 3 aliphatic heterocycles. The second-order valence-corrected chi connectivity index (χ2v) is 16.5. The third kappa shape index (κ3) is 9.47. The quantitative estimate of drug-likeness (QED) is 0.0723. The number of nitrogens with one attached hydrogen (secondary N) is 2. The molecule has 3 aromatic carbocycles. The lowest BCUT2D eigenvalue weighted by atomic mass is 9.87. The van der Waals surface area contributed by atoms with Gasteiger partial charge in [0.05, 0.1) is 19.7 Å². The van der Waals surface area contributed by atoms with Crippen LogP contribution in [0.3, 0.4) is 0 Å². The van der Waals surface area contributed by atoms with E-state index in [0.29, 0.717) is 46.3 Å². The number of aryl methyl sites for hydroxylation is 2. The van der Waals surface area contributed by atoms with Crippen LogP contribution in [0.2, 0.25) is 0 Å². The number of aromatic nitrogens is 2. The molecule has 61 heavy (non-hydrogen) atoms. The Morgan fingerprint density at radius 2 is 1.74 bits per heavy atom. The molecule has 7 rings (SSSR count). The number of fused-ring (bicyclic) bond motifs is 2. The zero-order chi connectivity index (χ0) is 43.4. The fourth-order valence-electron chi connectivity index (χ4n) is 9.09. The Hall–Kier alpha value is -5.28. The topological polar surface area (TPSA) is 146 Å². The van der Waals surface area contributed by atoms with Gasteiger partial charge in [-0.2, -0.15) is 8.78 Å². The molecule has 2 atom stereocenters. The van der Waals surface area contributed by atoms with Crippen LogP contribution in [-0.2, 0) is 28.5 Å². The Morgan fingerprint density at radius 1 is 0.984 bits per heavy atom. The third-order valence-electron chi connectivity index (χ3n) is 12.5. The number of halogens is 3. The molecule has 2 saturated heterocycles. The van der Waals surface area contributed by atoms with Gasteiger partial charge >= 0.3 is 0 Å². The van der Waals surface area contributed by atoms with E-state index in [2.05, 4.69) is 15.5 Å². The first kappa shape index (κ1) is 43.8. The maximum absolute atomic E-state index is 15.4. The second-order valence-electron chi connectivity index (χ2n) is 16.5. The number of hydrogen-bond acceptors (Lipinski definition) is 10. The standard InChI is InChI=1S/C46H55F3N6O6/c1-27(30-11-10-12-32(21-30)46(48,49)26-56)50-43-36-24-39(60-3)42(61-4)33(41(36)51-28(2)52-43)13-8-6-5-7-9-18-54-19-16-29(17-20-54)34-22-31-25-55(45(59)35(31)23-37(34)47)38-14-15-40(57)53-44(38)58/h10-12,21-24,27,29,38,56H,5-9,13-20,25-26H2,1-4H3,(H,50,51,52)(H,53,57,58)/t27-,38?/m0/s1. The number of ether oxygens (including phenoxy) is 2. The lowest BCUT2D eigenvalue weighted by molar-refractivity contribution is -0.136. The number of piperidine rings is 2. The molecule has 12 nitrogen and oxygen atoms in total. The molecule has 1 unspecified atom stereocenters. The van der Waals surface area contributed by atoms with E-state index in [1.165, 1.54) is 23.1 Å². The Morgan fingerprint density at radius 3 is 2.46 bits per heavy atom. The highest BCUT2D eigenvalue weighted by Gasteiger charge is 2.40. The summed E-state index contributed by atoms with van der Waals surface area (Å²) in [7, 11) is 3.20. The number of aliphatic hydroxyl groups excluding tert-OH is 1. The SMILES string of the molecule is COc1cc2c(N[C@@H](C)c3cccc(C(F)(F)CO)c3)nc(C)nc2c(CCCCCCCN2CCC(c3cc4c(cc3F)C(=O)N(C3CCC(=O)NC3=O)C4)CC2)c1OC. The number of methoxy groups -OCH3 is 2. The summed E-state index contributed by atoms with van der Waals surface area (Å²) in [4.78, 5) is 50.6. The van der Waals surface area contributed by atoms with Crippen LogP contribution in [-0.4, -0.2) is 89.1 Å². The van der Waals surface area contributed by atoms with Crippen molar-refractivity contribution in [2.75, 3.05) is 45.8 Å². The molecule has 3 amide bonds. The summed E-state index contributed by atoms with van der Waals surface area (Å²) in [6, 6.07) is 9.89. The zero-order valence-corrected chi connectivity index (χ0v) is 35.3. The molecule has 0 radical (unpaired) electrons. The Kier molecular flexibility index (Phi) is 13.5. The molecule has 3 aliphatic rings. The van der Waals surface area contributed by atoms with Gasteiger partial charge in [-0.15, -0.1) is 0 Å². The van der Waals surface area contributed by atoms with Gasteiger partial charge in [0.1, 0.15) is 30.1 Å². The number of amides is 3. The molecular formula is C46H55F3N6O6. The van der Waals surface area contributed by atoms with Gasteiger partial charge in [-0.25, -0.2) is 14.4 Å². The van der Waals surface area contributed by atoms with Crippen LogP contribution in [0, 0.1) is 12.7 Å². The Labute approximate surface area is 354 Å². The van der Waals surface area contributed by atoms with E-state index in [-0.39, 0.29) is 48.5 Å². The van der Waals surface area contributed by atoms with Crippen LogP contribution in [0.25, 0.3) is 10.9 Å². The number of hydrogen-bond donors (Lipinski definition) is 3. The number of rotatable bonds is 17. The minimum atomic E-state index is -3.35. The largest absolute Gasteiger partial charge is 0.493 e. The minimum absolute atomic E-state index is 0.0561. The Balaban J connectivity index is 0.904. The van der Waals surface area contributed by atoms with Crippen molar-refractivity contribution in [3.05, 3.63) is 87.5 Å². The smallest absolute Gasteiger partial charge is 0.295 e. The van der Waals surface area contributed by atoms with Crippen molar-refractivity contribution in [2.24, 2.45) is 0 Å². The number of unbranched alkanes of at least 4 members (excludes halogenated alkanes) is 4. The van der Waals surface area contributed by atoms with E-state index in [0.717, 1.165) is 86.6 Å². The maximum atomic E-state index is 15.4. The van der Waals surface area contributed by atoms with Crippen molar-refractivity contribution in [1.29, 1.82) is 0 Å². The number of benzene rings is 3. The summed E-state index contributed by atoms with van der Waals surface area (Å²) in [5.74, 6) is -2.58. The van der Waals surface area contributed by atoms with Crippen LogP contribution in [0.4, 0.5) is 19.0 Å². The van der Waals surface area contributed by atoms with Crippen molar-refractivity contribution in [3.8, 4) is 11.5 Å². The lowest BCUT2D eigenvalue weighted by Crippen LogP contribution is -2.52. The van der Waals surface area contributed by atoms with Crippen molar-refractivity contribution in [2.45, 2.75) is 109 Å². The highest BCUT2D eigenvalue weighted by Crippen LogP contribution is 2.41. The molecule has 1 aromatic heterocycles. The molecule has 2 fully saturated rings. The number of aliphatic hydroxyl groups is 1. The summed E-state index contributed by atoms with van der Waals surface area (Å²) in [6.07, 6.45) is 7.90. The van der Waals surface area contributed by atoms with E-state index in [4.69, 9.17) is 19.4 Å². The van der Waals surface area contributed by atoms with Crippen molar-refractivity contribution < 1.29 is 42.1 Å². The fraction of sp³-hybridized carbons (Fsp3) is 0.500. The normalized spacial score (nSPS) is 18.1. The summed E-state index contributed by atoms with van der Waals surface area (Å²) in [5, 5.41) is 15.7. The van der Waals surface area contributed by atoms with Crippen molar-refractivity contribution >= 4 is 34.4 Å². The van der Waals surface area contributed by atoms with Crippen LogP contribution >= 0.6 is 0 Å². The summed E-state index contributed by atoms with van der Waals surface area (Å²) >= 11 is 0. The lowest BCUT2D eigenvalue weighted by Gasteiger charge is -2.32. The van der Waals surface area contributed by atoms with Gasteiger partial charge in [0, 0.05) is 41.1 Å². The zero-order valence-electron chi connectivity index (χ0n) is 35.3. The first-order chi connectivity index (χ1) is 29.3. The molecule has 3 N–H and O–H groups in total. The van der Waals surface area contributed by atoms with Gasteiger partial charge in [0.2, 0.25) is 11.8 Å². The number of anilines is 1. The number of alkyl halides is 2. The van der Waals surface area contributed by atoms with E-state index < -0.39 is 30.5 Å². The monoisotopic (exact) mass is 844 g/mol. The van der Waals surface area contributed by atoms with Gasteiger partial charge in [0.15, 0.2) is 11.5 Å². The van der Waals surface area contributed by atoms with Gasteiger partial charge in [-0.3, -0.25) is 19.7 Å². The summed E-state index contributed by atoms with van der Waals surface area (Å²) in [5.41, 5.74) is 3.69. The summed E-state index contributed by atoms with van der Waals surface area (Å²) < 4.78 is 55.7.